The molecular formula is C21H23ClN4O4S. The molecule has 8 nitrogen and oxygen atoms in total. The zero-order chi connectivity index (χ0) is 22.4. The second-order valence-electron chi connectivity index (χ2n) is 6.47. The maximum Gasteiger partial charge on any atom is 0.230 e. The lowest BCUT2D eigenvalue weighted by molar-refractivity contribution is -0.118. The zero-order valence-corrected chi connectivity index (χ0v) is 19.2. The van der Waals surface area contributed by atoms with Gasteiger partial charge in [0.15, 0.2) is 22.5 Å². The van der Waals surface area contributed by atoms with Crippen LogP contribution in [0.15, 0.2) is 41.6 Å². The van der Waals surface area contributed by atoms with Crippen molar-refractivity contribution in [2.24, 2.45) is 7.05 Å². The van der Waals surface area contributed by atoms with Gasteiger partial charge in [-0.2, -0.15) is 0 Å². The third-order valence-electron chi connectivity index (χ3n) is 4.48. The molecule has 0 saturated carbocycles. The summed E-state index contributed by atoms with van der Waals surface area (Å²) in [5.74, 6) is 2.36. The molecule has 2 aromatic carbocycles. The topological polar surface area (TPSA) is 87.5 Å². The van der Waals surface area contributed by atoms with E-state index in [1.165, 1.54) is 11.8 Å². The van der Waals surface area contributed by atoms with E-state index in [0.717, 1.165) is 11.1 Å². The summed E-state index contributed by atoms with van der Waals surface area (Å²) in [4.78, 5) is 12.4. The molecule has 1 N–H and O–H groups in total. The molecule has 0 aliphatic rings. The first kappa shape index (κ1) is 22.8. The van der Waals surface area contributed by atoms with Crippen molar-refractivity contribution >= 4 is 29.3 Å². The number of hydrogen-bond donors (Lipinski definition) is 1. The van der Waals surface area contributed by atoms with Gasteiger partial charge in [0, 0.05) is 24.2 Å². The van der Waals surface area contributed by atoms with Crippen molar-refractivity contribution in [3.05, 3.63) is 47.0 Å². The van der Waals surface area contributed by atoms with Crippen LogP contribution < -0.4 is 19.5 Å². The minimum Gasteiger partial charge on any atom is -0.493 e. The number of aromatic nitrogens is 3. The minimum absolute atomic E-state index is 0.130. The fourth-order valence-corrected chi connectivity index (χ4v) is 3.78. The van der Waals surface area contributed by atoms with Crippen LogP contribution in [-0.2, 0) is 18.4 Å². The van der Waals surface area contributed by atoms with E-state index in [1.54, 1.807) is 45.6 Å². The molecule has 0 unspecified atom stereocenters. The quantitative estimate of drug-likeness (QED) is 0.486. The van der Waals surface area contributed by atoms with Crippen LogP contribution in [-0.4, -0.2) is 47.8 Å². The van der Waals surface area contributed by atoms with E-state index in [-0.39, 0.29) is 11.7 Å². The normalized spacial score (nSPS) is 10.6. The minimum atomic E-state index is -0.130. The Bertz CT molecular complexity index is 1030. The van der Waals surface area contributed by atoms with Gasteiger partial charge in [-0.1, -0.05) is 23.4 Å². The van der Waals surface area contributed by atoms with Crippen LogP contribution in [0.4, 0.5) is 0 Å². The van der Waals surface area contributed by atoms with Gasteiger partial charge in [0.2, 0.25) is 11.7 Å². The van der Waals surface area contributed by atoms with Gasteiger partial charge in [-0.3, -0.25) is 4.79 Å². The second kappa shape index (κ2) is 10.4. The second-order valence-corrected chi connectivity index (χ2v) is 7.85. The molecule has 0 bridgehead atoms. The van der Waals surface area contributed by atoms with Crippen molar-refractivity contribution in [1.29, 1.82) is 0 Å². The number of rotatable bonds is 9. The van der Waals surface area contributed by atoms with E-state index in [9.17, 15) is 4.79 Å². The number of nitrogens with one attached hydrogen (secondary N) is 1. The van der Waals surface area contributed by atoms with Crippen molar-refractivity contribution < 1.29 is 19.0 Å². The number of ether oxygens (including phenoxy) is 3. The summed E-state index contributed by atoms with van der Waals surface area (Å²) in [5, 5.41) is 12.6. The first-order valence-corrected chi connectivity index (χ1v) is 10.7. The van der Waals surface area contributed by atoms with Gasteiger partial charge in [-0.05, 0) is 42.0 Å². The van der Waals surface area contributed by atoms with Crippen LogP contribution in [0, 0.1) is 0 Å². The number of nitrogens with zero attached hydrogens (tertiary/aromatic N) is 3. The van der Waals surface area contributed by atoms with Crippen molar-refractivity contribution in [1.82, 2.24) is 20.1 Å². The fraction of sp³-hybridized carbons (Fsp3) is 0.286. The molecule has 10 heteroatoms. The lowest BCUT2D eigenvalue weighted by Crippen LogP contribution is -2.24. The third-order valence-corrected chi connectivity index (χ3v) is 5.76. The van der Waals surface area contributed by atoms with Crippen molar-refractivity contribution in [2.45, 2.75) is 11.7 Å². The number of halogens is 1. The SMILES string of the molecule is COc1cc(CNC(=O)CSc2nnc(-c3ccc(Cl)cc3)n2C)cc(OC)c1OC. The van der Waals surface area contributed by atoms with E-state index < -0.39 is 0 Å². The molecule has 0 atom stereocenters. The first-order chi connectivity index (χ1) is 15.0. The summed E-state index contributed by atoms with van der Waals surface area (Å²) < 4.78 is 17.8. The standard InChI is InChI=1S/C21H23ClN4O4S/c1-26-20(14-5-7-15(22)8-6-14)24-25-21(26)31-12-18(27)23-11-13-9-16(28-2)19(30-4)17(10-13)29-3/h5-10H,11-12H2,1-4H3,(H,23,27). The van der Waals surface area contributed by atoms with Gasteiger partial charge in [-0.15, -0.1) is 10.2 Å². The van der Waals surface area contributed by atoms with Crippen LogP contribution >= 0.6 is 23.4 Å². The summed E-state index contributed by atoms with van der Waals surface area (Å²) in [6, 6.07) is 11.0. The van der Waals surface area contributed by atoms with Crippen molar-refractivity contribution in [3.8, 4) is 28.6 Å². The van der Waals surface area contributed by atoms with Gasteiger partial charge in [0.25, 0.3) is 0 Å². The van der Waals surface area contributed by atoms with Crippen LogP contribution in [0.25, 0.3) is 11.4 Å². The van der Waals surface area contributed by atoms with Gasteiger partial charge >= 0.3 is 0 Å². The van der Waals surface area contributed by atoms with Crippen LogP contribution in [0.2, 0.25) is 5.02 Å². The lowest BCUT2D eigenvalue weighted by atomic mass is 10.2. The molecule has 0 aliphatic heterocycles. The molecule has 3 aromatic rings. The highest BCUT2D eigenvalue weighted by Crippen LogP contribution is 2.38. The van der Waals surface area contributed by atoms with E-state index in [0.29, 0.717) is 39.8 Å². The molecule has 0 aliphatic carbocycles. The average Bonchev–Trinajstić information content (AvgIpc) is 3.16. The van der Waals surface area contributed by atoms with E-state index in [4.69, 9.17) is 25.8 Å². The maximum atomic E-state index is 12.4. The molecule has 1 heterocycles. The molecule has 0 spiro atoms. The maximum absolute atomic E-state index is 12.4. The predicted molar refractivity (Wildman–Crippen MR) is 120 cm³/mol. The largest absolute Gasteiger partial charge is 0.493 e. The van der Waals surface area contributed by atoms with Gasteiger partial charge in [0.05, 0.1) is 27.1 Å². The molecule has 0 fully saturated rings. The number of methoxy groups -OCH3 is 3. The molecular weight excluding hydrogens is 440 g/mol. The Hall–Kier alpha value is -2.91. The molecule has 164 valence electrons. The smallest absolute Gasteiger partial charge is 0.230 e. The number of carbonyl (C=O) groups excluding carboxylic acids is 1. The number of amides is 1. The van der Waals surface area contributed by atoms with Gasteiger partial charge in [-0.25, -0.2) is 0 Å². The Labute approximate surface area is 189 Å². The zero-order valence-electron chi connectivity index (χ0n) is 17.6. The highest BCUT2D eigenvalue weighted by atomic mass is 35.5. The first-order valence-electron chi connectivity index (χ1n) is 9.30. The molecule has 31 heavy (non-hydrogen) atoms. The highest BCUT2D eigenvalue weighted by molar-refractivity contribution is 7.99. The highest BCUT2D eigenvalue weighted by Gasteiger charge is 2.15. The Morgan fingerprint density at radius 2 is 1.71 bits per heavy atom. The Balaban J connectivity index is 1.59. The van der Waals surface area contributed by atoms with Crippen LogP contribution in [0.1, 0.15) is 5.56 Å². The van der Waals surface area contributed by atoms with Gasteiger partial charge in [0.1, 0.15) is 0 Å². The number of carbonyl (C=O) groups is 1. The van der Waals surface area contributed by atoms with Gasteiger partial charge < -0.3 is 24.1 Å². The fourth-order valence-electron chi connectivity index (χ4n) is 2.91. The number of benzene rings is 2. The summed E-state index contributed by atoms with van der Waals surface area (Å²) >= 11 is 7.25. The monoisotopic (exact) mass is 462 g/mol. The number of thioether (sulfide) groups is 1. The Morgan fingerprint density at radius 1 is 1.06 bits per heavy atom. The van der Waals surface area contributed by atoms with E-state index >= 15 is 0 Å². The van der Waals surface area contributed by atoms with Crippen molar-refractivity contribution in [3.63, 3.8) is 0 Å². The molecule has 1 amide bonds. The molecule has 0 saturated heterocycles. The Morgan fingerprint density at radius 3 is 2.29 bits per heavy atom. The Kier molecular flexibility index (Phi) is 7.64. The van der Waals surface area contributed by atoms with Crippen LogP contribution in [0.3, 0.4) is 0 Å². The molecule has 1 aromatic heterocycles. The molecule has 0 radical (unpaired) electrons. The average molecular weight is 463 g/mol. The van der Waals surface area contributed by atoms with E-state index in [1.807, 2.05) is 23.7 Å². The molecule has 3 rings (SSSR count). The third kappa shape index (κ3) is 5.42. The van der Waals surface area contributed by atoms with Crippen molar-refractivity contribution in [2.75, 3.05) is 27.1 Å². The summed E-state index contributed by atoms with van der Waals surface area (Å²) in [5.41, 5.74) is 1.73. The lowest BCUT2D eigenvalue weighted by Gasteiger charge is -2.14. The number of hydrogen-bond acceptors (Lipinski definition) is 7. The summed E-state index contributed by atoms with van der Waals surface area (Å²) in [6.07, 6.45) is 0. The summed E-state index contributed by atoms with van der Waals surface area (Å²) in [6.45, 7) is 0.324. The summed E-state index contributed by atoms with van der Waals surface area (Å²) in [7, 11) is 6.51. The predicted octanol–water partition coefficient (Wildman–Crippen LogP) is 3.57. The van der Waals surface area contributed by atoms with Crippen LogP contribution in [0.5, 0.6) is 17.2 Å². The van der Waals surface area contributed by atoms with E-state index in [2.05, 4.69) is 15.5 Å².